The first-order chi connectivity index (χ1) is 11.4. The van der Waals surface area contributed by atoms with Gasteiger partial charge < -0.3 is 19.5 Å². The Morgan fingerprint density at radius 3 is 2.75 bits per heavy atom. The molecule has 7 nitrogen and oxygen atoms in total. The fraction of sp³-hybridized carbons (Fsp3) is 0.471. The van der Waals surface area contributed by atoms with Crippen LogP contribution >= 0.6 is 0 Å². The number of anilines is 1. The van der Waals surface area contributed by atoms with Crippen molar-refractivity contribution in [1.82, 2.24) is 15.0 Å². The van der Waals surface area contributed by atoms with Gasteiger partial charge in [0.05, 0.1) is 6.10 Å². The molecule has 0 saturated carbocycles. The largest absolute Gasteiger partial charge is 0.491 e. The lowest BCUT2D eigenvalue weighted by Crippen LogP contribution is -2.31. The van der Waals surface area contributed by atoms with E-state index in [1.807, 2.05) is 45.9 Å². The number of ether oxygens (including phenoxy) is 1. The highest BCUT2D eigenvalue weighted by Crippen LogP contribution is 2.22. The smallest absolute Gasteiger partial charge is 0.322 e. The van der Waals surface area contributed by atoms with Crippen molar-refractivity contribution in [2.75, 3.05) is 12.4 Å². The summed E-state index contributed by atoms with van der Waals surface area (Å²) in [6.45, 7) is 8.07. The summed E-state index contributed by atoms with van der Waals surface area (Å²) in [7, 11) is 1.68. The monoisotopic (exact) mass is 332 g/mol. The average molecular weight is 332 g/mol. The SMILES string of the molecule is CCc1noc(CN(C)C(=O)Nc2ccc(OC(C)C)cc2C)n1. The minimum Gasteiger partial charge on any atom is -0.491 e. The van der Waals surface area contributed by atoms with Crippen LogP contribution in [0.15, 0.2) is 22.7 Å². The normalized spacial score (nSPS) is 10.8. The Bertz CT molecular complexity index is 697. The van der Waals surface area contributed by atoms with Gasteiger partial charge in [0.1, 0.15) is 12.3 Å². The van der Waals surface area contributed by atoms with Crippen LogP contribution in [0.25, 0.3) is 0 Å². The molecule has 1 heterocycles. The van der Waals surface area contributed by atoms with E-state index in [9.17, 15) is 4.79 Å². The van der Waals surface area contributed by atoms with Crippen molar-refractivity contribution in [2.24, 2.45) is 0 Å². The Labute approximate surface area is 142 Å². The molecule has 7 heteroatoms. The molecule has 130 valence electrons. The van der Waals surface area contributed by atoms with E-state index in [1.54, 1.807) is 7.05 Å². The highest BCUT2D eigenvalue weighted by molar-refractivity contribution is 5.90. The predicted octanol–water partition coefficient (Wildman–Crippen LogP) is 3.39. The van der Waals surface area contributed by atoms with Gasteiger partial charge in [0.15, 0.2) is 5.82 Å². The van der Waals surface area contributed by atoms with E-state index >= 15 is 0 Å². The number of carbonyl (C=O) groups excluding carboxylic acids is 1. The second kappa shape index (κ2) is 7.81. The van der Waals surface area contributed by atoms with Crippen LogP contribution in [-0.4, -0.2) is 34.2 Å². The second-order valence-corrected chi connectivity index (χ2v) is 5.89. The van der Waals surface area contributed by atoms with Crippen LogP contribution in [0.3, 0.4) is 0 Å². The molecule has 0 aliphatic heterocycles. The highest BCUT2D eigenvalue weighted by atomic mass is 16.5. The van der Waals surface area contributed by atoms with Gasteiger partial charge in [0.25, 0.3) is 0 Å². The molecular formula is C17H24N4O3. The van der Waals surface area contributed by atoms with Gasteiger partial charge in [0.2, 0.25) is 5.89 Å². The summed E-state index contributed by atoms with van der Waals surface area (Å²) in [4.78, 5) is 18.0. The quantitative estimate of drug-likeness (QED) is 0.877. The van der Waals surface area contributed by atoms with Crippen molar-refractivity contribution in [2.45, 2.75) is 46.8 Å². The molecule has 0 aliphatic carbocycles. The maximum Gasteiger partial charge on any atom is 0.322 e. The lowest BCUT2D eigenvalue weighted by Gasteiger charge is -2.18. The van der Waals surface area contributed by atoms with Crippen LogP contribution in [0.2, 0.25) is 0 Å². The maximum absolute atomic E-state index is 12.3. The zero-order valence-electron chi connectivity index (χ0n) is 14.8. The Hall–Kier alpha value is -2.57. The summed E-state index contributed by atoms with van der Waals surface area (Å²) in [6.07, 6.45) is 0.807. The van der Waals surface area contributed by atoms with E-state index in [0.29, 0.717) is 18.1 Å². The van der Waals surface area contributed by atoms with E-state index < -0.39 is 0 Å². The first-order valence-electron chi connectivity index (χ1n) is 8.00. The summed E-state index contributed by atoms with van der Waals surface area (Å²) >= 11 is 0. The molecule has 0 radical (unpaired) electrons. The molecule has 0 fully saturated rings. The molecule has 0 saturated heterocycles. The standard InChI is InChI=1S/C17H24N4O3/c1-6-15-19-16(24-20-15)10-21(5)17(22)18-14-8-7-13(9-12(14)4)23-11(2)3/h7-9,11H,6,10H2,1-5H3,(H,18,22). The number of amides is 2. The molecule has 0 bridgehead atoms. The average Bonchev–Trinajstić information content (AvgIpc) is 2.97. The van der Waals surface area contributed by atoms with Crippen molar-refractivity contribution in [3.05, 3.63) is 35.5 Å². The Kier molecular flexibility index (Phi) is 5.78. The number of rotatable bonds is 6. The molecule has 1 aromatic carbocycles. The minimum absolute atomic E-state index is 0.110. The molecule has 0 aliphatic rings. The Balaban J connectivity index is 1.97. The van der Waals surface area contributed by atoms with Crippen molar-refractivity contribution < 1.29 is 14.1 Å². The lowest BCUT2D eigenvalue weighted by atomic mass is 10.2. The first-order valence-corrected chi connectivity index (χ1v) is 8.00. The fourth-order valence-corrected chi connectivity index (χ4v) is 2.11. The van der Waals surface area contributed by atoms with Crippen molar-refractivity contribution in [3.8, 4) is 5.75 Å². The van der Waals surface area contributed by atoms with E-state index in [4.69, 9.17) is 9.26 Å². The van der Waals surface area contributed by atoms with Crippen molar-refractivity contribution in [3.63, 3.8) is 0 Å². The van der Waals surface area contributed by atoms with E-state index in [2.05, 4.69) is 15.5 Å². The number of aryl methyl sites for hydroxylation is 2. The molecule has 2 amide bonds. The van der Waals surface area contributed by atoms with Gasteiger partial charge in [-0.2, -0.15) is 4.98 Å². The molecule has 1 N–H and O–H groups in total. The fourth-order valence-electron chi connectivity index (χ4n) is 2.11. The summed E-state index contributed by atoms with van der Waals surface area (Å²) in [5.74, 6) is 1.84. The number of hydrogen-bond acceptors (Lipinski definition) is 5. The molecule has 2 rings (SSSR count). The van der Waals surface area contributed by atoms with E-state index in [0.717, 1.165) is 17.0 Å². The molecule has 0 atom stereocenters. The maximum atomic E-state index is 12.3. The van der Waals surface area contributed by atoms with Gasteiger partial charge in [0, 0.05) is 19.2 Å². The molecule has 2 aromatic rings. The first kappa shape index (κ1) is 17.8. The summed E-state index contributed by atoms with van der Waals surface area (Å²) < 4.78 is 10.7. The summed E-state index contributed by atoms with van der Waals surface area (Å²) in [5.41, 5.74) is 1.67. The van der Waals surface area contributed by atoms with E-state index in [-0.39, 0.29) is 18.7 Å². The molecular weight excluding hydrogens is 308 g/mol. The number of urea groups is 1. The van der Waals surface area contributed by atoms with Crippen molar-refractivity contribution in [1.29, 1.82) is 0 Å². The summed E-state index contributed by atoms with van der Waals surface area (Å²) in [5, 5.41) is 6.69. The minimum atomic E-state index is -0.244. The lowest BCUT2D eigenvalue weighted by molar-refractivity contribution is 0.213. The Morgan fingerprint density at radius 1 is 1.42 bits per heavy atom. The van der Waals surface area contributed by atoms with Gasteiger partial charge in [-0.25, -0.2) is 4.79 Å². The topological polar surface area (TPSA) is 80.5 Å². The third kappa shape index (κ3) is 4.71. The summed E-state index contributed by atoms with van der Waals surface area (Å²) in [6, 6.07) is 5.34. The third-order valence-electron chi connectivity index (χ3n) is 3.36. The number of hydrogen-bond donors (Lipinski definition) is 1. The molecule has 1 aromatic heterocycles. The number of benzene rings is 1. The Morgan fingerprint density at radius 2 is 2.17 bits per heavy atom. The van der Waals surface area contributed by atoms with Gasteiger partial charge in [-0.05, 0) is 44.5 Å². The van der Waals surface area contributed by atoms with Crippen LogP contribution in [0.1, 0.15) is 38.0 Å². The number of carbonyl (C=O) groups is 1. The molecule has 0 spiro atoms. The zero-order valence-corrected chi connectivity index (χ0v) is 14.8. The van der Waals surface area contributed by atoms with Gasteiger partial charge in [-0.15, -0.1) is 0 Å². The van der Waals surface area contributed by atoms with Gasteiger partial charge in [-0.3, -0.25) is 0 Å². The molecule has 24 heavy (non-hydrogen) atoms. The van der Waals surface area contributed by atoms with Crippen LogP contribution in [0, 0.1) is 6.92 Å². The number of aromatic nitrogens is 2. The number of nitrogens with one attached hydrogen (secondary N) is 1. The van der Waals surface area contributed by atoms with Crippen LogP contribution in [-0.2, 0) is 13.0 Å². The zero-order chi connectivity index (χ0) is 17.7. The van der Waals surface area contributed by atoms with Gasteiger partial charge >= 0.3 is 6.03 Å². The highest BCUT2D eigenvalue weighted by Gasteiger charge is 2.14. The number of nitrogens with zero attached hydrogens (tertiary/aromatic N) is 3. The van der Waals surface area contributed by atoms with Gasteiger partial charge in [-0.1, -0.05) is 12.1 Å². The molecule has 0 unspecified atom stereocenters. The second-order valence-electron chi connectivity index (χ2n) is 5.89. The van der Waals surface area contributed by atoms with Crippen LogP contribution in [0.4, 0.5) is 10.5 Å². The third-order valence-corrected chi connectivity index (χ3v) is 3.36. The predicted molar refractivity (Wildman–Crippen MR) is 91.1 cm³/mol. The van der Waals surface area contributed by atoms with E-state index in [1.165, 1.54) is 4.90 Å². The van der Waals surface area contributed by atoms with Crippen molar-refractivity contribution >= 4 is 11.7 Å². The van der Waals surface area contributed by atoms with Crippen LogP contribution in [0.5, 0.6) is 5.75 Å². The van der Waals surface area contributed by atoms with Crippen LogP contribution < -0.4 is 10.1 Å².